The van der Waals surface area contributed by atoms with Gasteiger partial charge in [-0.25, -0.2) is 0 Å². The monoisotopic (exact) mass is 639 g/mol. The predicted molar refractivity (Wildman–Crippen MR) is 179 cm³/mol. The first-order valence-electron chi connectivity index (χ1n) is 15.8. The van der Waals surface area contributed by atoms with E-state index in [1.807, 2.05) is 67.1 Å². The summed E-state index contributed by atoms with van der Waals surface area (Å²) in [5.41, 5.74) is 3.93. The van der Waals surface area contributed by atoms with E-state index in [2.05, 4.69) is 26.3 Å². The minimum atomic E-state index is -0.885. The lowest BCUT2D eigenvalue weighted by Crippen LogP contribution is -2.50. The van der Waals surface area contributed by atoms with Crippen LogP contribution in [0.5, 0.6) is 5.75 Å². The van der Waals surface area contributed by atoms with Gasteiger partial charge in [0.15, 0.2) is 0 Å². The Balaban J connectivity index is 1.41. The van der Waals surface area contributed by atoms with Crippen LogP contribution in [0.25, 0.3) is 10.9 Å². The highest BCUT2D eigenvalue weighted by Gasteiger charge is 2.26. The van der Waals surface area contributed by atoms with Gasteiger partial charge in [-0.05, 0) is 49.2 Å². The van der Waals surface area contributed by atoms with Crippen LogP contribution in [0.3, 0.4) is 0 Å². The number of aromatic nitrogens is 2. The molecule has 4 N–H and O–H groups in total. The minimum Gasteiger partial charge on any atom is -0.497 e. The molecule has 2 aromatic carbocycles. The molecule has 1 aliphatic heterocycles. The van der Waals surface area contributed by atoms with Gasteiger partial charge in [-0.2, -0.15) is 0 Å². The van der Waals surface area contributed by atoms with Crippen molar-refractivity contribution in [2.75, 3.05) is 45.2 Å². The van der Waals surface area contributed by atoms with Crippen LogP contribution in [-0.4, -0.2) is 84.0 Å². The van der Waals surface area contributed by atoms with E-state index in [-0.39, 0.29) is 49.3 Å². The topological polar surface area (TPSA) is 147 Å². The number of benzene rings is 2. The van der Waals surface area contributed by atoms with Gasteiger partial charge in [-0.15, -0.1) is 0 Å². The smallest absolute Gasteiger partial charge is 0.270 e. The molecule has 0 unspecified atom stereocenters. The average Bonchev–Trinajstić information content (AvgIpc) is 3.33. The first-order chi connectivity index (χ1) is 22.7. The molecule has 47 heavy (non-hydrogen) atoms. The maximum Gasteiger partial charge on any atom is 0.270 e. The number of methoxy groups -OCH3 is 1. The van der Waals surface area contributed by atoms with Crippen LogP contribution in [0, 0.1) is 6.92 Å². The van der Waals surface area contributed by atoms with Gasteiger partial charge in [-0.1, -0.05) is 30.3 Å². The molecule has 0 spiro atoms. The van der Waals surface area contributed by atoms with Gasteiger partial charge in [0.1, 0.15) is 17.5 Å². The zero-order valence-corrected chi connectivity index (χ0v) is 27.0. The molecule has 2 aromatic heterocycles. The van der Waals surface area contributed by atoms with Crippen LogP contribution in [0.1, 0.15) is 44.9 Å². The number of rotatable bonds is 4. The normalized spacial score (nSPS) is 17.0. The maximum absolute atomic E-state index is 14.2. The van der Waals surface area contributed by atoms with E-state index in [4.69, 9.17) is 4.74 Å². The van der Waals surface area contributed by atoms with Gasteiger partial charge in [0.05, 0.1) is 12.7 Å². The van der Waals surface area contributed by atoms with Crippen molar-refractivity contribution in [1.82, 2.24) is 30.4 Å². The van der Waals surface area contributed by atoms with Crippen molar-refractivity contribution in [2.24, 2.45) is 7.05 Å². The standard InChI is InChI=1S/C35H41N7O5/c1-23-32(27-22-26(47-3)11-12-30(27)41(23)2)35(46)42-18-7-10-31(43)38-16-15-36-25-13-14-37-28(21-25)34(45)40-29(33(44)39-17-19-42)20-24-8-5-4-6-9-24/h4-6,8-9,11-14,21-22,29,36H,7,10,15-20H2,1-3H3,(H,38,43)(H,39,44)(H,40,45)/t29-/m0/s1. The predicted octanol–water partition coefficient (Wildman–Crippen LogP) is 2.81. The Kier molecular flexibility index (Phi) is 10.7. The van der Waals surface area contributed by atoms with E-state index >= 15 is 0 Å². The molecular formula is C35H41N7O5. The Hall–Kier alpha value is -5.39. The summed E-state index contributed by atoms with van der Waals surface area (Å²) in [7, 11) is 3.49. The van der Waals surface area contributed by atoms with Crippen LogP contribution in [0.4, 0.5) is 5.69 Å². The largest absolute Gasteiger partial charge is 0.497 e. The lowest BCUT2D eigenvalue weighted by atomic mass is 10.0. The summed E-state index contributed by atoms with van der Waals surface area (Å²) in [4.78, 5) is 59.6. The summed E-state index contributed by atoms with van der Waals surface area (Å²) in [5.74, 6) is -0.568. The third-order valence-corrected chi connectivity index (χ3v) is 8.39. The van der Waals surface area contributed by atoms with E-state index in [0.29, 0.717) is 43.1 Å². The number of nitrogens with one attached hydrogen (secondary N) is 4. The van der Waals surface area contributed by atoms with E-state index in [1.54, 1.807) is 24.1 Å². The zero-order valence-electron chi connectivity index (χ0n) is 27.0. The Morgan fingerprint density at radius 3 is 2.53 bits per heavy atom. The molecule has 4 amide bonds. The summed E-state index contributed by atoms with van der Waals surface area (Å²) in [6.45, 7) is 3.36. The molecule has 1 atom stereocenters. The molecule has 12 heteroatoms. The molecule has 0 fully saturated rings. The van der Waals surface area contributed by atoms with Crippen molar-refractivity contribution in [3.8, 4) is 5.75 Å². The number of ether oxygens (including phenoxy) is 1. The van der Waals surface area contributed by atoms with E-state index in [0.717, 1.165) is 22.2 Å². The fourth-order valence-corrected chi connectivity index (χ4v) is 5.74. The fourth-order valence-electron chi connectivity index (χ4n) is 5.74. The highest BCUT2D eigenvalue weighted by molar-refractivity contribution is 6.09. The highest BCUT2D eigenvalue weighted by Crippen LogP contribution is 2.29. The number of carbonyl (C=O) groups excluding carboxylic acids is 4. The fraction of sp³-hybridized carbons (Fsp3) is 0.343. The second-order valence-corrected chi connectivity index (χ2v) is 11.5. The summed E-state index contributed by atoms with van der Waals surface area (Å²) < 4.78 is 7.41. The molecule has 5 rings (SSSR count). The molecule has 0 saturated carbocycles. The summed E-state index contributed by atoms with van der Waals surface area (Å²) in [6, 6.07) is 17.5. The second kappa shape index (κ2) is 15.3. The van der Waals surface area contributed by atoms with Gasteiger partial charge in [0.25, 0.3) is 11.8 Å². The number of carbonyl (C=O) groups is 4. The van der Waals surface area contributed by atoms with Crippen molar-refractivity contribution < 1.29 is 23.9 Å². The first-order valence-corrected chi connectivity index (χ1v) is 15.8. The van der Waals surface area contributed by atoms with E-state index in [1.165, 1.54) is 6.20 Å². The molecule has 4 aromatic rings. The third-order valence-electron chi connectivity index (χ3n) is 8.39. The number of hydrogen-bond donors (Lipinski definition) is 4. The molecular weight excluding hydrogens is 598 g/mol. The van der Waals surface area contributed by atoms with Crippen molar-refractivity contribution >= 4 is 40.2 Å². The Morgan fingerprint density at radius 1 is 0.957 bits per heavy atom. The first kappa shape index (κ1) is 33.0. The van der Waals surface area contributed by atoms with E-state index in [9.17, 15) is 19.2 Å². The Bertz CT molecular complexity index is 1750. The Morgan fingerprint density at radius 2 is 1.74 bits per heavy atom. The van der Waals surface area contributed by atoms with Crippen molar-refractivity contribution in [2.45, 2.75) is 32.2 Å². The second-order valence-electron chi connectivity index (χ2n) is 11.5. The third kappa shape index (κ3) is 8.07. The van der Waals surface area contributed by atoms with Crippen LogP contribution in [0.15, 0.2) is 66.9 Å². The van der Waals surface area contributed by atoms with Gasteiger partial charge >= 0.3 is 0 Å². The SMILES string of the molecule is COc1ccc2c(c1)c(C(=O)N1CCCC(=O)NCCNc3ccnc(c3)C(=O)N[C@@H](Cc3ccccc3)C(=O)NCC1)c(C)n2C. The quantitative estimate of drug-likeness (QED) is 0.269. The molecule has 1 aliphatic rings. The molecule has 0 aliphatic carbocycles. The van der Waals surface area contributed by atoms with Crippen LogP contribution in [0.2, 0.25) is 0 Å². The number of anilines is 1. The van der Waals surface area contributed by atoms with E-state index < -0.39 is 11.9 Å². The number of hydrogen-bond acceptors (Lipinski definition) is 7. The molecule has 0 saturated heterocycles. The summed E-state index contributed by atoms with van der Waals surface area (Å²) in [6.07, 6.45) is 2.45. The number of fused-ring (bicyclic) bond motifs is 3. The molecule has 2 bridgehead atoms. The lowest BCUT2D eigenvalue weighted by molar-refractivity contribution is -0.123. The average molecular weight is 640 g/mol. The van der Waals surface area contributed by atoms with Gasteiger partial charge in [-0.3, -0.25) is 24.2 Å². The van der Waals surface area contributed by atoms with Gasteiger partial charge < -0.3 is 35.5 Å². The minimum absolute atomic E-state index is 0.130. The highest BCUT2D eigenvalue weighted by atomic mass is 16.5. The van der Waals surface area contributed by atoms with Crippen LogP contribution < -0.4 is 26.0 Å². The molecule has 3 heterocycles. The van der Waals surface area contributed by atoms with Crippen LogP contribution >= 0.6 is 0 Å². The van der Waals surface area contributed by atoms with Crippen molar-refractivity contribution in [3.63, 3.8) is 0 Å². The number of nitrogens with zero attached hydrogens (tertiary/aromatic N) is 3. The lowest BCUT2D eigenvalue weighted by Gasteiger charge is -2.24. The number of pyridine rings is 1. The molecule has 0 radical (unpaired) electrons. The summed E-state index contributed by atoms with van der Waals surface area (Å²) >= 11 is 0. The number of amides is 4. The van der Waals surface area contributed by atoms with Gasteiger partial charge in [0.2, 0.25) is 11.8 Å². The zero-order chi connectivity index (χ0) is 33.3. The summed E-state index contributed by atoms with van der Waals surface area (Å²) in [5, 5.41) is 12.6. The molecule has 12 nitrogen and oxygen atoms in total. The van der Waals surface area contributed by atoms with Crippen molar-refractivity contribution in [1.29, 1.82) is 0 Å². The molecule has 246 valence electrons. The number of aryl methyl sites for hydroxylation is 1. The van der Waals surface area contributed by atoms with Crippen LogP contribution in [-0.2, 0) is 23.1 Å². The van der Waals surface area contributed by atoms with Crippen molar-refractivity contribution in [3.05, 3.63) is 89.4 Å². The Labute approximate surface area is 273 Å². The van der Waals surface area contributed by atoms with Gasteiger partial charge in [0, 0.05) is 81.1 Å². The maximum atomic E-state index is 14.2.